The number of rotatable bonds is 5. The molecular formula is C18H17N3O2. The van der Waals surface area contributed by atoms with Gasteiger partial charge in [-0.1, -0.05) is 24.3 Å². The van der Waals surface area contributed by atoms with Gasteiger partial charge in [-0.15, -0.1) is 0 Å². The maximum absolute atomic E-state index is 12.1. The number of nitrogens with one attached hydrogen (secondary N) is 1. The second-order valence-corrected chi connectivity index (χ2v) is 5.20. The third-order valence-corrected chi connectivity index (χ3v) is 3.46. The Bertz CT molecular complexity index is 780. The van der Waals surface area contributed by atoms with E-state index in [1.54, 1.807) is 29.1 Å². The zero-order chi connectivity index (χ0) is 16.1. The fourth-order valence-corrected chi connectivity index (χ4v) is 2.33. The lowest BCUT2D eigenvalue weighted by molar-refractivity contribution is -0.115. The van der Waals surface area contributed by atoms with Gasteiger partial charge in [-0.2, -0.15) is 5.10 Å². The van der Waals surface area contributed by atoms with E-state index in [0.29, 0.717) is 12.1 Å². The number of hydrogen-bond donors (Lipinski definition) is 2. The van der Waals surface area contributed by atoms with Crippen LogP contribution in [0.15, 0.2) is 67.0 Å². The zero-order valence-electron chi connectivity index (χ0n) is 12.5. The van der Waals surface area contributed by atoms with E-state index < -0.39 is 0 Å². The van der Waals surface area contributed by atoms with E-state index in [1.807, 2.05) is 42.6 Å². The van der Waals surface area contributed by atoms with Crippen LogP contribution in [0.25, 0.3) is 5.69 Å². The zero-order valence-corrected chi connectivity index (χ0v) is 12.5. The van der Waals surface area contributed by atoms with Crippen LogP contribution in [0.4, 0.5) is 5.69 Å². The molecule has 2 N–H and O–H groups in total. The van der Waals surface area contributed by atoms with Crippen molar-refractivity contribution in [1.82, 2.24) is 9.78 Å². The summed E-state index contributed by atoms with van der Waals surface area (Å²) in [6, 6.07) is 16.7. The molecule has 0 aliphatic rings. The summed E-state index contributed by atoms with van der Waals surface area (Å²) < 4.78 is 1.77. The molecule has 3 aromatic rings. The number of carbonyl (C=O) groups is 1. The van der Waals surface area contributed by atoms with Gasteiger partial charge in [0.15, 0.2) is 0 Å². The lowest BCUT2D eigenvalue weighted by Crippen LogP contribution is -2.14. The molecule has 1 amide bonds. The van der Waals surface area contributed by atoms with Crippen molar-refractivity contribution in [2.45, 2.75) is 13.0 Å². The van der Waals surface area contributed by atoms with Crippen molar-refractivity contribution in [2.24, 2.45) is 0 Å². The molecule has 1 aromatic heterocycles. The molecule has 0 aliphatic heterocycles. The van der Waals surface area contributed by atoms with Crippen LogP contribution in [0.5, 0.6) is 0 Å². The Morgan fingerprint density at radius 3 is 2.61 bits per heavy atom. The molecule has 0 spiro atoms. The van der Waals surface area contributed by atoms with Gasteiger partial charge in [-0.05, 0) is 41.5 Å². The third-order valence-electron chi connectivity index (χ3n) is 3.46. The van der Waals surface area contributed by atoms with Crippen molar-refractivity contribution in [1.29, 1.82) is 0 Å². The van der Waals surface area contributed by atoms with Crippen LogP contribution in [0.2, 0.25) is 0 Å². The summed E-state index contributed by atoms with van der Waals surface area (Å²) in [7, 11) is 0. The summed E-state index contributed by atoms with van der Waals surface area (Å²) in [6.07, 6.45) is 3.89. The third kappa shape index (κ3) is 3.84. The molecule has 0 atom stereocenters. The van der Waals surface area contributed by atoms with Gasteiger partial charge in [0.25, 0.3) is 0 Å². The molecule has 0 unspecified atom stereocenters. The topological polar surface area (TPSA) is 67.2 Å². The molecule has 0 radical (unpaired) electrons. The summed E-state index contributed by atoms with van der Waals surface area (Å²) in [5.41, 5.74) is 3.34. The molecule has 0 aliphatic carbocycles. The highest BCUT2D eigenvalue weighted by Crippen LogP contribution is 2.13. The van der Waals surface area contributed by atoms with Crippen LogP contribution in [-0.4, -0.2) is 20.8 Å². The summed E-state index contributed by atoms with van der Waals surface area (Å²) in [4.78, 5) is 12.1. The van der Waals surface area contributed by atoms with Crippen LogP contribution >= 0.6 is 0 Å². The predicted molar refractivity (Wildman–Crippen MR) is 88.3 cm³/mol. The molecule has 2 aromatic carbocycles. The fourth-order valence-electron chi connectivity index (χ4n) is 2.33. The summed E-state index contributed by atoms with van der Waals surface area (Å²) in [6.45, 7) is -0.0431. The first kappa shape index (κ1) is 15.0. The molecule has 116 valence electrons. The summed E-state index contributed by atoms with van der Waals surface area (Å²) in [5, 5.41) is 16.1. The molecule has 0 fully saturated rings. The van der Waals surface area contributed by atoms with Gasteiger partial charge in [-0.25, -0.2) is 4.68 Å². The molecule has 0 bridgehead atoms. The lowest BCUT2D eigenvalue weighted by Gasteiger charge is -2.07. The van der Waals surface area contributed by atoms with E-state index in [1.165, 1.54) is 0 Å². The Labute approximate surface area is 134 Å². The SMILES string of the molecule is O=C(Cc1ccc(-n2cccn2)cc1)Nc1cccc(CO)c1. The number of aliphatic hydroxyl groups is 1. The predicted octanol–water partition coefficient (Wildman–Crippen LogP) is 2.55. The first-order valence-electron chi connectivity index (χ1n) is 7.33. The van der Waals surface area contributed by atoms with Crippen LogP contribution in [0.3, 0.4) is 0 Å². The minimum atomic E-state index is -0.0908. The Balaban J connectivity index is 1.63. The molecule has 23 heavy (non-hydrogen) atoms. The van der Waals surface area contributed by atoms with Gasteiger partial charge in [0.2, 0.25) is 5.91 Å². The fraction of sp³-hybridized carbons (Fsp3) is 0.111. The highest BCUT2D eigenvalue weighted by Gasteiger charge is 2.05. The van der Waals surface area contributed by atoms with E-state index >= 15 is 0 Å². The monoisotopic (exact) mass is 307 g/mol. The largest absolute Gasteiger partial charge is 0.392 e. The van der Waals surface area contributed by atoms with Crippen molar-refractivity contribution in [3.8, 4) is 5.69 Å². The number of nitrogens with zero attached hydrogens (tertiary/aromatic N) is 2. The van der Waals surface area contributed by atoms with Gasteiger partial charge in [-0.3, -0.25) is 4.79 Å². The van der Waals surface area contributed by atoms with Crippen LogP contribution in [-0.2, 0) is 17.8 Å². The Kier molecular flexibility index (Phi) is 4.49. The standard InChI is InChI=1S/C18H17N3O2/c22-13-15-3-1-4-16(11-15)20-18(23)12-14-5-7-17(8-6-14)21-10-2-9-19-21/h1-11,22H,12-13H2,(H,20,23). The molecule has 0 saturated carbocycles. The van der Waals surface area contributed by atoms with E-state index in [0.717, 1.165) is 16.8 Å². The van der Waals surface area contributed by atoms with Crippen molar-refractivity contribution in [2.75, 3.05) is 5.32 Å². The van der Waals surface area contributed by atoms with Gasteiger partial charge < -0.3 is 10.4 Å². The van der Waals surface area contributed by atoms with Crippen molar-refractivity contribution in [3.05, 3.63) is 78.1 Å². The van der Waals surface area contributed by atoms with Crippen molar-refractivity contribution < 1.29 is 9.90 Å². The number of carbonyl (C=O) groups excluding carboxylic acids is 1. The molecule has 5 heteroatoms. The minimum Gasteiger partial charge on any atom is -0.392 e. The number of benzene rings is 2. The number of aromatic nitrogens is 2. The average Bonchev–Trinajstić information content (AvgIpc) is 3.10. The smallest absolute Gasteiger partial charge is 0.228 e. The Hall–Kier alpha value is -2.92. The van der Waals surface area contributed by atoms with Gasteiger partial charge in [0.05, 0.1) is 18.7 Å². The van der Waals surface area contributed by atoms with E-state index in [9.17, 15) is 4.79 Å². The van der Waals surface area contributed by atoms with E-state index in [4.69, 9.17) is 5.11 Å². The second kappa shape index (κ2) is 6.89. The quantitative estimate of drug-likeness (QED) is 0.761. The van der Waals surface area contributed by atoms with Gasteiger partial charge in [0.1, 0.15) is 0 Å². The van der Waals surface area contributed by atoms with Crippen LogP contribution in [0.1, 0.15) is 11.1 Å². The first-order valence-corrected chi connectivity index (χ1v) is 7.33. The number of anilines is 1. The second-order valence-electron chi connectivity index (χ2n) is 5.20. The lowest BCUT2D eigenvalue weighted by atomic mass is 10.1. The molecular weight excluding hydrogens is 290 g/mol. The van der Waals surface area contributed by atoms with Gasteiger partial charge in [0, 0.05) is 18.1 Å². The van der Waals surface area contributed by atoms with Crippen LogP contribution in [0, 0.1) is 0 Å². The molecule has 0 saturated heterocycles. The Morgan fingerprint density at radius 1 is 1.09 bits per heavy atom. The normalized spacial score (nSPS) is 10.5. The number of aliphatic hydroxyl groups excluding tert-OH is 1. The van der Waals surface area contributed by atoms with Crippen molar-refractivity contribution in [3.63, 3.8) is 0 Å². The molecule has 1 heterocycles. The molecule has 3 rings (SSSR count). The molecule has 5 nitrogen and oxygen atoms in total. The van der Waals surface area contributed by atoms with E-state index in [-0.39, 0.29) is 12.5 Å². The highest BCUT2D eigenvalue weighted by atomic mass is 16.3. The summed E-state index contributed by atoms with van der Waals surface area (Å²) >= 11 is 0. The number of hydrogen-bond acceptors (Lipinski definition) is 3. The Morgan fingerprint density at radius 2 is 1.91 bits per heavy atom. The maximum atomic E-state index is 12.1. The average molecular weight is 307 g/mol. The highest BCUT2D eigenvalue weighted by molar-refractivity contribution is 5.92. The van der Waals surface area contributed by atoms with Crippen LogP contribution < -0.4 is 5.32 Å². The minimum absolute atomic E-state index is 0.0431. The van der Waals surface area contributed by atoms with Crippen molar-refractivity contribution >= 4 is 11.6 Å². The number of amides is 1. The maximum Gasteiger partial charge on any atom is 0.228 e. The first-order chi connectivity index (χ1) is 11.2. The van der Waals surface area contributed by atoms with E-state index in [2.05, 4.69) is 10.4 Å². The van der Waals surface area contributed by atoms with Gasteiger partial charge >= 0.3 is 0 Å². The summed E-state index contributed by atoms with van der Waals surface area (Å²) in [5.74, 6) is -0.0908.